The van der Waals surface area contributed by atoms with Gasteiger partial charge >= 0.3 is 0 Å². The Morgan fingerprint density at radius 1 is 0.436 bits per heavy atom. The molecule has 2 heteroatoms. The van der Waals surface area contributed by atoms with Crippen LogP contribution in [-0.2, 0) is 0 Å². The predicted octanol–water partition coefficient (Wildman–Crippen LogP) is 9.72. The highest BCUT2D eigenvalue weighted by atomic mass is 16.1. The van der Waals surface area contributed by atoms with Crippen LogP contribution in [0, 0.1) is 0 Å². The number of fused-ring (bicyclic) bond motifs is 8. The Bertz CT molecular complexity index is 2240. The summed E-state index contributed by atoms with van der Waals surface area (Å²) in [6, 6.07) is 47.2. The second-order valence-electron chi connectivity index (χ2n) is 10.1. The van der Waals surface area contributed by atoms with Crippen molar-refractivity contribution in [2.75, 3.05) is 0 Å². The van der Waals surface area contributed by atoms with E-state index >= 15 is 0 Å². The average molecular weight is 498 g/mol. The van der Waals surface area contributed by atoms with E-state index in [2.05, 4.69) is 120 Å². The smallest absolute Gasteiger partial charge is 0.150 e. The van der Waals surface area contributed by atoms with Gasteiger partial charge in [0.1, 0.15) is 0 Å². The zero-order valence-electron chi connectivity index (χ0n) is 21.1. The standard InChI is InChI=1S/C37H23NO/c39-23-25-21-33-30-15-7-6-14-29(30)32(22-34(33)28-13-5-4-12-27(25)28)24-18-19-37-35(20-24)31-16-8-9-17-36(31)38(37)26-10-2-1-3-11-26/h1-23H. The van der Waals surface area contributed by atoms with Crippen LogP contribution in [0.1, 0.15) is 10.4 Å². The predicted molar refractivity (Wildman–Crippen MR) is 164 cm³/mol. The van der Waals surface area contributed by atoms with Gasteiger partial charge in [0.05, 0.1) is 11.0 Å². The number of carbonyl (C=O) groups excluding carboxylic acids is 1. The fraction of sp³-hybridized carbons (Fsp3) is 0. The fourth-order valence-corrected chi connectivity index (χ4v) is 6.31. The maximum Gasteiger partial charge on any atom is 0.150 e. The van der Waals surface area contributed by atoms with Crippen molar-refractivity contribution in [3.05, 3.63) is 139 Å². The lowest BCUT2D eigenvalue weighted by Crippen LogP contribution is -1.93. The van der Waals surface area contributed by atoms with Gasteiger partial charge < -0.3 is 4.57 Å². The van der Waals surface area contributed by atoms with E-state index in [4.69, 9.17) is 0 Å². The molecule has 0 saturated carbocycles. The molecule has 0 amide bonds. The van der Waals surface area contributed by atoms with Gasteiger partial charge in [0.15, 0.2) is 6.29 Å². The van der Waals surface area contributed by atoms with E-state index in [1.807, 2.05) is 18.2 Å². The van der Waals surface area contributed by atoms with Crippen LogP contribution in [0.2, 0.25) is 0 Å². The number of carbonyl (C=O) groups is 1. The molecule has 2 nitrogen and oxygen atoms in total. The molecule has 1 aromatic heterocycles. The number of hydrogen-bond acceptors (Lipinski definition) is 1. The Balaban J connectivity index is 1.48. The van der Waals surface area contributed by atoms with Crippen molar-refractivity contribution >= 4 is 60.4 Å². The fourth-order valence-electron chi connectivity index (χ4n) is 6.31. The highest BCUT2D eigenvalue weighted by molar-refractivity contribution is 6.24. The molecule has 1 heterocycles. The first-order valence-corrected chi connectivity index (χ1v) is 13.2. The molecule has 182 valence electrons. The summed E-state index contributed by atoms with van der Waals surface area (Å²) in [6.07, 6.45) is 0.973. The third-order valence-corrected chi connectivity index (χ3v) is 8.04. The summed E-state index contributed by atoms with van der Waals surface area (Å²) in [4.78, 5) is 12.0. The zero-order chi connectivity index (χ0) is 25.9. The molecule has 39 heavy (non-hydrogen) atoms. The minimum atomic E-state index is 0.728. The van der Waals surface area contributed by atoms with Crippen LogP contribution in [0.15, 0.2) is 133 Å². The molecule has 0 atom stereocenters. The summed E-state index contributed by atoms with van der Waals surface area (Å²) in [7, 11) is 0. The van der Waals surface area contributed by atoms with E-state index in [-0.39, 0.29) is 0 Å². The molecule has 0 radical (unpaired) electrons. The largest absolute Gasteiger partial charge is 0.309 e. The van der Waals surface area contributed by atoms with Gasteiger partial charge in [-0.15, -0.1) is 0 Å². The summed E-state index contributed by atoms with van der Waals surface area (Å²) < 4.78 is 2.35. The monoisotopic (exact) mass is 497 g/mol. The highest BCUT2D eigenvalue weighted by Crippen LogP contribution is 2.41. The van der Waals surface area contributed by atoms with E-state index in [0.717, 1.165) is 44.5 Å². The first-order valence-electron chi connectivity index (χ1n) is 13.2. The normalized spacial score (nSPS) is 11.7. The lowest BCUT2D eigenvalue weighted by Gasteiger charge is -2.14. The van der Waals surface area contributed by atoms with Crippen LogP contribution in [0.3, 0.4) is 0 Å². The van der Waals surface area contributed by atoms with E-state index in [1.54, 1.807) is 0 Å². The van der Waals surface area contributed by atoms with Crippen LogP contribution in [0.5, 0.6) is 0 Å². The molecule has 0 unspecified atom stereocenters. The van der Waals surface area contributed by atoms with Crippen LogP contribution < -0.4 is 0 Å². The maximum atomic E-state index is 12.0. The number of aldehydes is 1. The molecule has 7 aromatic carbocycles. The van der Waals surface area contributed by atoms with Crippen LogP contribution in [0.25, 0.3) is 70.9 Å². The summed E-state index contributed by atoms with van der Waals surface area (Å²) in [6.45, 7) is 0. The van der Waals surface area contributed by atoms with Crippen molar-refractivity contribution in [3.63, 3.8) is 0 Å². The SMILES string of the molecule is O=Cc1cc2c3ccccc3c(-c3ccc4c(c3)c3ccccc3n4-c3ccccc3)cc2c2ccccc12. The molecule has 0 fully saturated rings. The van der Waals surface area contributed by atoms with Gasteiger partial charge in [-0.25, -0.2) is 0 Å². The van der Waals surface area contributed by atoms with Gasteiger partial charge in [-0.3, -0.25) is 4.79 Å². The lowest BCUT2D eigenvalue weighted by molar-refractivity contribution is 0.112. The number of rotatable bonds is 3. The van der Waals surface area contributed by atoms with Gasteiger partial charge in [-0.2, -0.15) is 0 Å². The third kappa shape index (κ3) is 3.19. The van der Waals surface area contributed by atoms with Crippen LogP contribution in [0.4, 0.5) is 0 Å². The topological polar surface area (TPSA) is 22.0 Å². The maximum absolute atomic E-state index is 12.0. The molecule has 0 aliphatic carbocycles. The van der Waals surface area contributed by atoms with Crippen molar-refractivity contribution in [2.24, 2.45) is 0 Å². The minimum absolute atomic E-state index is 0.728. The number of nitrogens with zero attached hydrogens (tertiary/aromatic N) is 1. The quantitative estimate of drug-likeness (QED) is 0.176. The minimum Gasteiger partial charge on any atom is -0.309 e. The van der Waals surface area contributed by atoms with Crippen molar-refractivity contribution in [2.45, 2.75) is 0 Å². The Labute approximate surface area is 225 Å². The van der Waals surface area contributed by atoms with Crippen molar-refractivity contribution < 1.29 is 4.79 Å². The van der Waals surface area contributed by atoms with E-state index < -0.39 is 0 Å². The van der Waals surface area contributed by atoms with Crippen molar-refractivity contribution in [1.82, 2.24) is 4.57 Å². The highest BCUT2D eigenvalue weighted by Gasteiger charge is 2.16. The molecule has 0 N–H and O–H groups in total. The lowest BCUT2D eigenvalue weighted by atomic mass is 9.89. The Morgan fingerprint density at radius 3 is 1.79 bits per heavy atom. The van der Waals surface area contributed by atoms with Crippen molar-refractivity contribution in [3.8, 4) is 16.8 Å². The second kappa shape index (κ2) is 8.41. The van der Waals surface area contributed by atoms with E-state index in [0.29, 0.717) is 0 Å². The van der Waals surface area contributed by atoms with Gasteiger partial charge in [0, 0.05) is 22.0 Å². The molecule has 0 spiro atoms. The first-order chi connectivity index (χ1) is 19.3. The van der Waals surface area contributed by atoms with Gasteiger partial charge in [-0.1, -0.05) is 91.0 Å². The number of hydrogen-bond donors (Lipinski definition) is 0. The number of para-hydroxylation sites is 2. The number of aromatic nitrogens is 1. The second-order valence-corrected chi connectivity index (χ2v) is 10.1. The summed E-state index contributed by atoms with van der Waals surface area (Å²) in [5.41, 5.74) is 6.65. The third-order valence-electron chi connectivity index (χ3n) is 8.04. The average Bonchev–Trinajstić information content (AvgIpc) is 3.34. The molecule has 8 rings (SSSR count). The molecule has 0 bridgehead atoms. The van der Waals surface area contributed by atoms with Crippen molar-refractivity contribution in [1.29, 1.82) is 0 Å². The molecule has 0 aliphatic rings. The van der Waals surface area contributed by atoms with Crippen LogP contribution >= 0.6 is 0 Å². The first kappa shape index (κ1) is 21.8. The molecule has 0 aliphatic heterocycles. The molecular formula is C37H23NO. The summed E-state index contributed by atoms with van der Waals surface area (Å²) in [5, 5.41) is 9.18. The number of benzene rings is 7. The van der Waals surface area contributed by atoms with E-state index in [9.17, 15) is 4.79 Å². The van der Waals surface area contributed by atoms with E-state index in [1.165, 1.54) is 38.3 Å². The summed E-state index contributed by atoms with van der Waals surface area (Å²) >= 11 is 0. The molecular weight excluding hydrogens is 474 g/mol. The summed E-state index contributed by atoms with van der Waals surface area (Å²) in [5.74, 6) is 0. The van der Waals surface area contributed by atoms with Gasteiger partial charge in [0.2, 0.25) is 0 Å². The van der Waals surface area contributed by atoms with Gasteiger partial charge in [0.25, 0.3) is 0 Å². The Morgan fingerprint density at radius 2 is 1.03 bits per heavy atom. The zero-order valence-corrected chi connectivity index (χ0v) is 21.1. The van der Waals surface area contributed by atoms with Gasteiger partial charge in [-0.05, 0) is 85.9 Å². The molecule has 0 saturated heterocycles. The Kier molecular flexibility index (Phi) is 4.71. The molecule has 8 aromatic rings. The van der Waals surface area contributed by atoms with Crippen LogP contribution in [-0.4, -0.2) is 10.9 Å². The Hall–Kier alpha value is -5.21.